The number of phosphoric acid groups is 1. The molecular formula is C41H78NO9P. The number of nitrogens with zero attached hydrogens (tertiary/aromatic N) is 1. The quantitative estimate of drug-likeness (QED) is 0.0152. The number of ether oxygens (including phenoxy) is 3. The van der Waals surface area contributed by atoms with Gasteiger partial charge in [-0.3, -0.25) is 14.2 Å². The molecule has 1 heterocycles. The number of carbonyl (C=O) groups is 2. The fourth-order valence-electron chi connectivity index (χ4n) is 6.01. The molecule has 10 nitrogen and oxygen atoms in total. The minimum atomic E-state index is -4.62. The van der Waals surface area contributed by atoms with Crippen molar-refractivity contribution in [1.82, 2.24) is 0 Å². The smallest absolute Gasteiger partial charge is 0.306 e. The Balaban J connectivity index is 2.30. The molecule has 0 radical (unpaired) electrons. The van der Waals surface area contributed by atoms with Crippen LogP contribution in [0.1, 0.15) is 174 Å². The predicted molar refractivity (Wildman–Crippen MR) is 208 cm³/mol. The molecular weight excluding hydrogens is 681 g/mol. The standard InChI is InChI=1S/C41H78NO9P/c1-6-8-10-12-14-15-16-17-18-19-23-28-32-41(44)50-37(36-49-52(45,46)48-34-33-42(3,4)5)35-47-40(43)31-27-24-20-22-26-30-39-38(51-39)29-25-21-13-11-9-7-2/h21,25,37-39H,6-20,22-24,26-36H2,1-5H3/b25-21-/t37-,38?,39?/m1/s1. The maximum absolute atomic E-state index is 12.6. The molecule has 0 aliphatic carbocycles. The van der Waals surface area contributed by atoms with Crippen LogP contribution in [-0.4, -0.2) is 82.2 Å². The lowest BCUT2D eigenvalue weighted by atomic mass is 10.0. The summed E-state index contributed by atoms with van der Waals surface area (Å²) < 4.78 is 39.6. The van der Waals surface area contributed by atoms with E-state index in [0.717, 1.165) is 57.8 Å². The molecule has 1 fully saturated rings. The van der Waals surface area contributed by atoms with Crippen molar-refractivity contribution in [3.63, 3.8) is 0 Å². The molecule has 0 aromatic rings. The second-order valence-electron chi connectivity index (χ2n) is 15.7. The van der Waals surface area contributed by atoms with E-state index in [1.54, 1.807) is 0 Å². The third kappa shape index (κ3) is 31.1. The molecule has 3 unspecified atom stereocenters. The largest absolute Gasteiger partial charge is 0.756 e. The zero-order valence-corrected chi connectivity index (χ0v) is 34.9. The van der Waals surface area contributed by atoms with E-state index in [1.165, 1.54) is 77.0 Å². The van der Waals surface area contributed by atoms with Gasteiger partial charge < -0.3 is 32.6 Å². The number of likely N-dealkylation sites (N-methyl/N-ethyl adjacent to an activating group) is 1. The second kappa shape index (κ2) is 31.0. The highest BCUT2D eigenvalue weighted by atomic mass is 31.2. The van der Waals surface area contributed by atoms with Crippen LogP contribution in [-0.2, 0) is 37.4 Å². The van der Waals surface area contributed by atoms with Gasteiger partial charge in [0.2, 0.25) is 0 Å². The Labute approximate surface area is 318 Å². The van der Waals surface area contributed by atoms with Gasteiger partial charge in [0.25, 0.3) is 7.82 Å². The van der Waals surface area contributed by atoms with Crippen LogP contribution in [0.25, 0.3) is 0 Å². The summed E-state index contributed by atoms with van der Waals surface area (Å²) in [7, 11) is 1.15. The van der Waals surface area contributed by atoms with Crippen LogP contribution >= 0.6 is 7.82 Å². The Morgan fingerprint density at radius 2 is 1.23 bits per heavy atom. The number of hydrogen-bond donors (Lipinski definition) is 0. The van der Waals surface area contributed by atoms with Gasteiger partial charge in [-0.1, -0.05) is 135 Å². The van der Waals surface area contributed by atoms with Crippen molar-refractivity contribution in [3.8, 4) is 0 Å². The van der Waals surface area contributed by atoms with Gasteiger partial charge in [-0.25, -0.2) is 0 Å². The Morgan fingerprint density at radius 1 is 0.692 bits per heavy atom. The number of epoxide rings is 1. The van der Waals surface area contributed by atoms with E-state index >= 15 is 0 Å². The highest BCUT2D eigenvalue weighted by molar-refractivity contribution is 7.45. The monoisotopic (exact) mass is 760 g/mol. The fraction of sp³-hybridized carbons (Fsp3) is 0.902. The van der Waals surface area contributed by atoms with Crippen molar-refractivity contribution >= 4 is 19.8 Å². The van der Waals surface area contributed by atoms with Crippen LogP contribution in [0.4, 0.5) is 0 Å². The molecule has 0 N–H and O–H groups in total. The molecule has 306 valence electrons. The Morgan fingerprint density at radius 3 is 1.83 bits per heavy atom. The van der Waals surface area contributed by atoms with Crippen molar-refractivity contribution in [2.75, 3.05) is 47.5 Å². The molecule has 52 heavy (non-hydrogen) atoms. The van der Waals surface area contributed by atoms with E-state index in [-0.39, 0.29) is 26.1 Å². The summed E-state index contributed by atoms with van der Waals surface area (Å²) in [5, 5.41) is 0. The van der Waals surface area contributed by atoms with Gasteiger partial charge in [0.05, 0.1) is 40.0 Å². The van der Waals surface area contributed by atoms with Crippen molar-refractivity contribution in [1.29, 1.82) is 0 Å². The summed E-state index contributed by atoms with van der Waals surface area (Å²) in [6.07, 6.45) is 31.1. The molecule has 0 aromatic heterocycles. The average Bonchev–Trinajstić information content (AvgIpc) is 3.84. The summed E-state index contributed by atoms with van der Waals surface area (Å²) in [6, 6.07) is 0. The van der Waals surface area contributed by atoms with Crippen LogP contribution < -0.4 is 4.89 Å². The Hall–Kier alpha value is -1.29. The van der Waals surface area contributed by atoms with Gasteiger partial charge in [-0.2, -0.15) is 0 Å². The number of carbonyl (C=O) groups excluding carboxylic acids is 2. The number of quaternary nitrogens is 1. The Bertz CT molecular complexity index is 970. The molecule has 0 aromatic carbocycles. The third-order valence-electron chi connectivity index (χ3n) is 9.46. The van der Waals surface area contributed by atoms with E-state index in [1.807, 2.05) is 21.1 Å². The molecule has 1 aliphatic heterocycles. The summed E-state index contributed by atoms with van der Waals surface area (Å²) in [6.45, 7) is 4.17. The molecule has 0 saturated carbocycles. The average molecular weight is 760 g/mol. The zero-order chi connectivity index (χ0) is 38.3. The summed E-state index contributed by atoms with van der Waals surface area (Å²) in [5.74, 6) is -0.853. The number of hydrogen-bond acceptors (Lipinski definition) is 9. The minimum absolute atomic E-state index is 0.0333. The van der Waals surface area contributed by atoms with E-state index in [9.17, 15) is 19.0 Å². The lowest BCUT2D eigenvalue weighted by Crippen LogP contribution is -2.37. The van der Waals surface area contributed by atoms with E-state index in [4.69, 9.17) is 23.3 Å². The second-order valence-corrected chi connectivity index (χ2v) is 17.2. The number of rotatable bonds is 37. The van der Waals surface area contributed by atoms with Crippen molar-refractivity contribution in [2.24, 2.45) is 0 Å². The third-order valence-corrected chi connectivity index (χ3v) is 10.4. The SMILES string of the molecule is CCCCC/C=C\CC1OC1CCCCCCCC(=O)OC[C@H](COP(=O)([O-])OCC[N+](C)(C)C)OC(=O)CCCCCCCCCCCCCC. The molecule has 0 spiro atoms. The maximum atomic E-state index is 12.6. The topological polar surface area (TPSA) is 124 Å². The molecule has 1 rings (SSSR count). The normalized spacial score (nSPS) is 17.7. The van der Waals surface area contributed by atoms with Crippen LogP contribution in [0.3, 0.4) is 0 Å². The van der Waals surface area contributed by atoms with Gasteiger partial charge in [-0.15, -0.1) is 0 Å². The fourth-order valence-corrected chi connectivity index (χ4v) is 6.74. The molecule has 0 bridgehead atoms. The first-order chi connectivity index (χ1) is 25.0. The van der Waals surface area contributed by atoms with Crippen molar-refractivity contribution in [2.45, 2.75) is 193 Å². The lowest BCUT2D eigenvalue weighted by Gasteiger charge is -2.28. The predicted octanol–water partition coefficient (Wildman–Crippen LogP) is 9.77. The number of esters is 2. The molecule has 4 atom stereocenters. The van der Waals surface area contributed by atoms with Crippen LogP contribution in [0.2, 0.25) is 0 Å². The van der Waals surface area contributed by atoms with E-state index in [0.29, 0.717) is 36.1 Å². The molecule has 1 saturated heterocycles. The maximum Gasteiger partial charge on any atom is 0.306 e. The van der Waals surface area contributed by atoms with Gasteiger partial charge in [0.1, 0.15) is 19.8 Å². The van der Waals surface area contributed by atoms with E-state index < -0.39 is 32.5 Å². The van der Waals surface area contributed by atoms with Gasteiger partial charge >= 0.3 is 11.9 Å². The van der Waals surface area contributed by atoms with Crippen LogP contribution in [0.5, 0.6) is 0 Å². The van der Waals surface area contributed by atoms with Crippen molar-refractivity contribution < 1.29 is 46.8 Å². The number of unbranched alkanes of at least 4 members (excludes halogenated alkanes) is 18. The summed E-state index contributed by atoms with van der Waals surface area (Å²) in [4.78, 5) is 37.5. The first kappa shape index (κ1) is 48.7. The first-order valence-corrected chi connectivity index (χ1v) is 22.5. The molecule has 11 heteroatoms. The number of allylic oxidation sites excluding steroid dienone is 1. The minimum Gasteiger partial charge on any atom is -0.756 e. The highest BCUT2D eigenvalue weighted by Crippen LogP contribution is 2.38. The molecule has 1 aliphatic rings. The summed E-state index contributed by atoms with van der Waals surface area (Å²) >= 11 is 0. The van der Waals surface area contributed by atoms with Gasteiger partial charge in [0, 0.05) is 12.8 Å². The zero-order valence-electron chi connectivity index (χ0n) is 34.0. The van der Waals surface area contributed by atoms with Crippen molar-refractivity contribution in [3.05, 3.63) is 12.2 Å². The van der Waals surface area contributed by atoms with Gasteiger partial charge in [0.15, 0.2) is 6.10 Å². The lowest BCUT2D eigenvalue weighted by molar-refractivity contribution is -0.870. The van der Waals surface area contributed by atoms with E-state index in [2.05, 4.69) is 26.0 Å². The number of phosphoric ester groups is 1. The highest BCUT2D eigenvalue weighted by Gasteiger charge is 2.36. The first-order valence-electron chi connectivity index (χ1n) is 21.0. The van der Waals surface area contributed by atoms with Crippen LogP contribution in [0, 0.1) is 0 Å². The van der Waals surface area contributed by atoms with Crippen LogP contribution in [0.15, 0.2) is 12.2 Å². The van der Waals surface area contributed by atoms with Gasteiger partial charge in [-0.05, 0) is 38.5 Å². The summed E-state index contributed by atoms with van der Waals surface area (Å²) in [5.41, 5.74) is 0. The molecule has 0 amide bonds. The Kier molecular flexibility index (Phi) is 29.0.